The number of hydrogen-bond acceptors (Lipinski definition) is 4. The van der Waals surface area contributed by atoms with Crippen LogP contribution in [0, 0.1) is 0 Å². The molecule has 0 amide bonds. The Balaban J connectivity index is 2.88. The standard InChI is InChI=1S/C14H14O4/c1-4-5-9-11(16-2)8-12(17-3)10-6-7-13(15)18-14(9)10/h4,6-8H,1,5H2,2-3H3. The van der Waals surface area contributed by atoms with Crippen LogP contribution >= 0.6 is 0 Å². The van der Waals surface area contributed by atoms with Gasteiger partial charge in [-0.15, -0.1) is 6.58 Å². The molecule has 0 aliphatic carbocycles. The quantitative estimate of drug-likeness (QED) is 0.614. The van der Waals surface area contributed by atoms with Crippen molar-refractivity contribution in [3.63, 3.8) is 0 Å². The molecule has 0 bridgehead atoms. The first-order chi connectivity index (χ1) is 8.71. The number of methoxy groups -OCH3 is 2. The van der Waals surface area contributed by atoms with Crippen LogP contribution in [0.4, 0.5) is 0 Å². The van der Waals surface area contributed by atoms with Crippen molar-refractivity contribution in [3.8, 4) is 11.5 Å². The molecule has 4 nitrogen and oxygen atoms in total. The average Bonchev–Trinajstić information content (AvgIpc) is 2.39. The predicted molar refractivity (Wildman–Crippen MR) is 69.5 cm³/mol. The highest BCUT2D eigenvalue weighted by Gasteiger charge is 2.14. The topological polar surface area (TPSA) is 48.7 Å². The molecule has 1 aromatic heterocycles. The molecule has 0 unspecified atom stereocenters. The molecule has 0 aliphatic rings. The third-order valence-electron chi connectivity index (χ3n) is 2.72. The Kier molecular flexibility index (Phi) is 3.37. The zero-order valence-electron chi connectivity index (χ0n) is 10.4. The fourth-order valence-electron chi connectivity index (χ4n) is 1.92. The molecule has 0 saturated carbocycles. The molecule has 94 valence electrons. The van der Waals surface area contributed by atoms with Gasteiger partial charge in [0.2, 0.25) is 0 Å². The molecule has 18 heavy (non-hydrogen) atoms. The maximum Gasteiger partial charge on any atom is 0.336 e. The van der Waals surface area contributed by atoms with Gasteiger partial charge in [0, 0.05) is 17.7 Å². The Labute approximate surface area is 104 Å². The number of hydrogen-bond donors (Lipinski definition) is 0. The lowest BCUT2D eigenvalue weighted by Gasteiger charge is -2.12. The Morgan fingerprint density at radius 1 is 1.28 bits per heavy atom. The van der Waals surface area contributed by atoms with Gasteiger partial charge in [-0.3, -0.25) is 0 Å². The first-order valence-electron chi connectivity index (χ1n) is 5.50. The number of fused-ring (bicyclic) bond motifs is 1. The molecule has 0 aliphatic heterocycles. The van der Waals surface area contributed by atoms with E-state index in [9.17, 15) is 4.79 Å². The molecule has 1 aromatic carbocycles. The summed E-state index contributed by atoms with van der Waals surface area (Å²) in [5.41, 5.74) is 0.878. The summed E-state index contributed by atoms with van der Waals surface area (Å²) in [6, 6.07) is 4.84. The lowest BCUT2D eigenvalue weighted by molar-refractivity contribution is 0.393. The molecule has 0 radical (unpaired) electrons. The molecule has 1 heterocycles. The number of allylic oxidation sites excluding steroid dienone is 1. The van der Waals surface area contributed by atoms with Gasteiger partial charge in [-0.05, 0) is 12.5 Å². The third kappa shape index (κ3) is 1.97. The zero-order valence-corrected chi connectivity index (χ0v) is 10.4. The fraction of sp³-hybridized carbons (Fsp3) is 0.214. The van der Waals surface area contributed by atoms with Gasteiger partial charge in [0.25, 0.3) is 0 Å². The third-order valence-corrected chi connectivity index (χ3v) is 2.72. The van der Waals surface area contributed by atoms with E-state index in [-0.39, 0.29) is 0 Å². The predicted octanol–water partition coefficient (Wildman–Crippen LogP) is 2.54. The van der Waals surface area contributed by atoms with Crippen LogP contribution in [0.15, 0.2) is 40.1 Å². The van der Waals surface area contributed by atoms with Crippen LogP contribution in [0.3, 0.4) is 0 Å². The van der Waals surface area contributed by atoms with Gasteiger partial charge < -0.3 is 13.9 Å². The highest BCUT2D eigenvalue weighted by atomic mass is 16.5. The van der Waals surface area contributed by atoms with Crippen LogP contribution in [0.2, 0.25) is 0 Å². The van der Waals surface area contributed by atoms with Crippen molar-refractivity contribution in [3.05, 3.63) is 46.8 Å². The Morgan fingerprint density at radius 2 is 2.00 bits per heavy atom. The monoisotopic (exact) mass is 246 g/mol. The maximum absolute atomic E-state index is 11.4. The van der Waals surface area contributed by atoms with Crippen LogP contribution in [0.25, 0.3) is 11.0 Å². The summed E-state index contributed by atoms with van der Waals surface area (Å²) in [4.78, 5) is 11.4. The van der Waals surface area contributed by atoms with Gasteiger partial charge in [-0.1, -0.05) is 6.08 Å². The van der Waals surface area contributed by atoms with E-state index in [0.29, 0.717) is 23.5 Å². The van der Waals surface area contributed by atoms with Gasteiger partial charge in [0.15, 0.2) is 0 Å². The summed E-state index contributed by atoms with van der Waals surface area (Å²) < 4.78 is 15.8. The van der Waals surface area contributed by atoms with Crippen LogP contribution in [-0.4, -0.2) is 14.2 Å². The zero-order chi connectivity index (χ0) is 13.1. The second kappa shape index (κ2) is 4.96. The van der Waals surface area contributed by atoms with Gasteiger partial charge in [0.1, 0.15) is 17.1 Å². The van der Waals surface area contributed by atoms with Gasteiger partial charge >= 0.3 is 5.63 Å². The van der Waals surface area contributed by atoms with Crippen molar-refractivity contribution in [1.29, 1.82) is 0 Å². The first kappa shape index (κ1) is 12.2. The Hall–Kier alpha value is -2.23. The van der Waals surface area contributed by atoms with Crippen molar-refractivity contribution in [2.45, 2.75) is 6.42 Å². The van der Waals surface area contributed by atoms with Crippen LogP contribution in [0.1, 0.15) is 5.56 Å². The summed E-state index contributed by atoms with van der Waals surface area (Å²) in [7, 11) is 3.13. The summed E-state index contributed by atoms with van der Waals surface area (Å²) >= 11 is 0. The van der Waals surface area contributed by atoms with Crippen molar-refractivity contribution in [2.75, 3.05) is 14.2 Å². The summed E-state index contributed by atoms with van der Waals surface area (Å²) in [6.45, 7) is 3.70. The van der Waals surface area contributed by atoms with E-state index in [1.165, 1.54) is 6.07 Å². The van der Waals surface area contributed by atoms with Crippen molar-refractivity contribution in [1.82, 2.24) is 0 Å². The molecule has 0 saturated heterocycles. The van der Waals surface area contributed by atoms with Crippen LogP contribution in [0.5, 0.6) is 11.5 Å². The molecular formula is C14H14O4. The van der Waals surface area contributed by atoms with E-state index in [4.69, 9.17) is 13.9 Å². The largest absolute Gasteiger partial charge is 0.496 e. The minimum absolute atomic E-state index is 0.400. The second-order valence-corrected chi connectivity index (χ2v) is 3.75. The van der Waals surface area contributed by atoms with Crippen molar-refractivity contribution < 1.29 is 13.9 Å². The summed E-state index contributed by atoms with van der Waals surface area (Å²) in [6.07, 6.45) is 2.29. The van der Waals surface area contributed by atoms with E-state index in [2.05, 4.69) is 6.58 Å². The van der Waals surface area contributed by atoms with Crippen LogP contribution < -0.4 is 15.1 Å². The Morgan fingerprint density at radius 3 is 2.61 bits per heavy atom. The highest BCUT2D eigenvalue weighted by molar-refractivity contribution is 5.88. The number of benzene rings is 1. The van der Waals surface area contributed by atoms with E-state index in [1.54, 1.807) is 32.4 Å². The summed E-state index contributed by atoms with van der Waals surface area (Å²) in [5.74, 6) is 1.23. The SMILES string of the molecule is C=CCc1c(OC)cc(OC)c2ccc(=O)oc12. The molecule has 2 rings (SSSR count). The van der Waals surface area contributed by atoms with E-state index >= 15 is 0 Å². The second-order valence-electron chi connectivity index (χ2n) is 3.75. The lowest BCUT2D eigenvalue weighted by Crippen LogP contribution is -2.00. The molecular weight excluding hydrogens is 232 g/mol. The smallest absolute Gasteiger partial charge is 0.336 e. The minimum Gasteiger partial charge on any atom is -0.496 e. The molecule has 2 aromatic rings. The average molecular weight is 246 g/mol. The maximum atomic E-state index is 11.4. The van der Waals surface area contributed by atoms with E-state index < -0.39 is 5.63 Å². The molecule has 0 atom stereocenters. The molecule has 0 N–H and O–H groups in total. The lowest BCUT2D eigenvalue weighted by atomic mass is 10.1. The number of rotatable bonds is 4. The number of ether oxygens (including phenoxy) is 2. The molecule has 4 heteroatoms. The Bertz CT molecular complexity index is 640. The first-order valence-corrected chi connectivity index (χ1v) is 5.50. The van der Waals surface area contributed by atoms with E-state index in [1.807, 2.05) is 0 Å². The minimum atomic E-state index is -0.400. The summed E-state index contributed by atoms with van der Waals surface area (Å²) in [5, 5.41) is 0.745. The highest BCUT2D eigenvalue weighted by Crippen LogP contribution is 2.35. The van der Waals surface area contributed by atoms with Crippen molar-refractivity contribution in [2.24, 2.45) is 0 Å². The normalized spacial score (nSPS) is 10.3. The fourth-order valence-corrected chi connectivity index (χ4v) is 1.92. The molecule has 0 spiro atoms. The van der Waals surface area contributed by atoms with Crippen molar-refractivity contribution >= 4 is 11.0 Å². The van der Waals surface area contributed by atoms with Crippen LogP contribution in [-0.2, 0) is 6.42 Å². The van der Waals surface area contributed by atoms with Gasteiger partial charge in [0.05, 0.1) is 19.6 Å². The molecule has 0 fully saturated rings. The van der Waals surface area contributed by atoms with Gasteiger partial charge in [-0.2, -0.15) is 0 Å². The van der Waals surface area contributed by atoms with Gasteiger partial charge in [-0.25, -0.2) is 4.79 Å². The van der Waals surface area contributed by atoms with E-state index in [0.717, 1.165) is 10.9 Å².